The van der Waals surface area contributed by atoms with Crippen LogP contribution in [0.3, 0.4) is 0 Å². The van der Waals surface area contributed by atoms with Crippen LogP contribution in [-0.4, -0.2) is 29.8 Å². The number of dihydropyridines is 1. The van der Waals surface area contributed by atoms with Crippen molar-refractivity contribution in [3.63, 3.8) is 0 Å². The Bertz CT molecular complexity index is 616. The minimum Gasteiger partial charge on any atom is -0.468 e. The number of nitrogens with two attached hydrogens (primary N) is 1. The van der Waals surface area contributed by atoms with Crippen molar-refractivity contribution in [3.8, 4) is 5.88 Å². The summed E-state index contributed by atoms with van der Waals surface area (Å²) in [5, 5.41) is 3.60. The van der Waals surface area contributed by atoms with E-state index in [9.17, 15) is 0 Å². The molecule has 0 radical (unpaired) electrons. The summed E-state index contributed by atoms with van der Waals surface area (Å²) < 4.78 is 12.1. The summed E-state index contributed by atoms with van der Waals surface area (Å²) in [7, 11) is 0. The number of hydrogen-bond donors (Lipinski definition) is 2. The molecule has 0 bridgehead atoms. The third-order valence-electron chi connectivity index (χ3n) is 4.93. The summed E-state index contributed by atoms with van der Waals surface area (Å²) >= 11 is 0. The third-order valence-corrected chi connectivity index (χ3v) is 4.93. The fraction of sp³-hybridized carbons (Fsp3) is 0.526. The smallest absolute Gasteiger partial charge is 0.213 e. The molecule has 3 rings (SSSR count). The van der Waals surface area contributed by atoms with E-state index < -0.39 is 0 Å². The summed E-state index contributed by atoms with van der Waals surface area (Å²) in [5.74, 6) is 0.619. The number of pyridine rings is 1. The number of rotatable bonds is 5. The molecule has 1 unspecified atom stereocenters. The molecule has 0 amide bonds. The second-order valence-electron chi connectivity index (χ2n) is 6.45. The fourth-order valence-corrected chi connectivity index (χ4v) is 3.49. The van der Waals surface area contributed by atoms with Gasteiger partial charge in [-0.15, -0.1) is 0 Å². The number of hydrogen-bond acceptors (Lipinski definition) is 5. The predicted octanol–water partition coefficient (Wildman–Crippen LogP) is 3.19. The van der Waals surface area contributed by atoms with Gasteiger partial charge in [-0.3, -0.25) is 0 Å². The molecule has 0 aliphatic carbocycles. The first-order valence-corrected chi connectivity index (χ1v) is 8.80. The van der Waals surface area contributed by atoms with Crippen LogP contribution in [0.1, 0.15) is 39.5 Å². The highest BCUT2D eigenvalue weighted by Crippen LogP contribution is 2.36. The van der Waals surface area contributed by atoms with Gasteiger partial charge in [0.1, 0.15) is 5.60 Å². The summed E-state index contributed by atoms with van der Waals surface area (Å²) in [6.07, 6.45) is 9.78. The van der Waals surface area contributed by atoms with Gasteiger partial charge < -0.3 is 20.5 Å². The number of allylic oxidation sites excluding steroid dienone is 2. The number of ether oxygens (including phenoxy) is 2. The lowest BCUT2D eigenvalue weighted by Crippen LogP contribution is -2.58. The lowest BCUT2D eigenvalue weighted by molar-refractivity contribution is -0.0614. The second kappa shape index (κ2) is 7.26. The van der Waals surface area contributed by atoms with E-state index in [1.807, 2.05) is 12.1 Å². The van der Waals surface area contributed by atoms with E-state index >= 15 is 0 Å². The van der Waals surface area contributed by atoms with E-state index in [2.05, 4.69) is 36.4 Å². The summed E-state index contributed by atoms with van der Waals surface area (Å²) in [5.41, 5.74) is 8.75. The number of nitrogen functional groups attached to an aromatic ring is 1. The molecule has 3 N–H and O–H groups in total. The van der Waals surface area contributed by atoms with E-state index in [0.717, 1.165) is 25.7 Å². The van der Waals surface area contributed by atoms with E-state index in [0.29, 0.717) is 24.8 Å². The van der Waals surface area contributed by atoms with Gasteiger partial charge in [0.2, 0.25) is 5.88 Å². The SMILES string of the molecule is CCC1=CNC(C2(Oc3ccc(N)cn3)CCOCC2)C(CC)=C1. The van der Waals surface area contributed by atoms with Crippen molar-refractivity contribution >= 4 is 5.69 Å². The molecule has 0 saturated carbocycles. The maximum Gasteiger partial charge on any atom is 0.213 e. The molecule has 0 aromatic carbocycles. The average molecular weight is 329 g/mol. The first kappa shape index (κ1) is 16.8. The molecule has 1 aromatic heterocycles. The van der Waals surface area contributed by atoms with Gasteiger partial charge in [-0.1, -0.05) is 19.9 Å². The zero-order valence-corrected chi connectivity index (χ0v) is 14.5. The Balaban J connectivity index is 1.89. The van der Waals surface area contributed by atoms with Crippen molar-refractivity contribution in [2.75, 3.05) is 18.9 Å². The van der Waals surface area contributed by atoms with Crippen LogP contribution in [0.15, 0.2) is 41.8 Å². The number of anilines is 1. The normalized spacial score (nSPS) is 23.0. The number of nitrogens with one attached hydrogen (secondary N) is 1. The zero-order valence-electron chi connectivity index (χ0n) is 14.5. The molecule has 2 aliphatic rings. The Labute approximate surface area is 143 Å². The average Bonchev–Trinajstić information content (AvgIpc) is 2.64. The van der Waals surface area contributed by atoms with Crippen molar-refractivity contribution in [3.05, 3.63) is 41.8 Å². The van der Waals surface area contributed by atoms with Crippen LogP contribution in [0.25, 0.3) is 0 Å². The molecule has 0 spiro atoms. The van der Waals surface area contributed by atoms with Gasteiger partial charge in [0.15, 0.2) is 0 Å². The van der Waals surface area contributed by atoms with E-state index in [1.54, 1.807) is 6.20 Å². The van der Waals surface area contributed by atoms with Crippen LogP contribution >= 0.6 is 0 Å². The Morgan fingerprint density at radius 1 is 1.29 bits per heavy atom. The zero-order chi connectivity index (χ0) is 17.0. The standard InChI is InChI=1S/C19H27N3O2/c1-3-14-11-15(4-2)18(22-12-14)19(7-9-23-10-8-19)24-17-6-5-16(20)13-21-17/h5-6,11-13,18,22H,3-4,7-10,20H2,1-2H3. The molecular weight excluding hydrogens is 302 g/mol. The monoisotopic (exact) mass is 329 g/mol. The molecule has 5 nitrogen and oxygen atoms in total. The van der Waals surface area contributed by atoms with Crippen molar-refractivity contribution < 1.29 is 9.47 Å². The summed E-state index contributed by atoms with van der Waals surface area (Å²) in [6.45, 7) is 5.78. The second-order valence-corrected chi connectivity index (χ2v) is 6.45. The maximum atomic E-state index is 6.46. The molecule has 1 aromatic rings. The molecule has 2 aliphatic heterocycles. The van der Waals surface area contributed by atoms with Gasteiger partial charge in [-0.2, -0.15) is 0 Å². The molecule has 3 heterocycles. The minimum absolute atomic E-state index is 0.140. The summed E-state index contributed by atoms with van der Waals surface area (Å²) in [4.78, 5) is 4.34. The van der Waals surface area contributed by atoms with Crippen LogP contribution in [0.4, 0.5) is 5.69 Å². The quantitative estimate of drug-likeness (QED) is 0.868. The maximum absolute atomic E-state index is 6.46. The Kier molecular flexibility index (Phi) is 5.09. The Morgan fingerprint density at radius 3 is 2.71 bits per heavy atom. The van der Waals surface area contributed by atoms with Gasteiger partial charge >= 0.3 is 0 Å². The van der Waals surface area contributed by atoms with Gasteiger partial charge in [-0.25, -0.2) is 4.98 Å². The van der Waals surface area contributed by atoms with Crippen molar-refractivity contribution in [1.82, 2.24) is 10.3 Å². The topological polar surface area (TPSA) is 69.4 Å². The first-order valence-electron chi connectivity index (χ1n) is 8.80. The van der Waals surface area contributed by atoms with Crippen LogP contribution in [0.2, 0.25) is 0 Å². The minimum atomic E-state index is -0.348. The molecule has 1 saturated heterocycles. The highest BCUT2D eigenvalue weighted by molar-refractivity contribution is 5.37. The molecule has 1 fully saturated rings. The number of nitrogens with zero attached hydrogens (tertiary/aromatic N) is 1. The Hall–Kier alpha value is -2.01. The highest BCUT2D eigenvalue weighted by atomic mass is 16.5. The van der Waals surface area contributed by atoms with Crippen molar-refractivity contribution in [2.45, 2.75) is 51.2 Å². The molecule has 130 valence electrons. The summed E-state index contributed by atoms with van der Waals surface area (Å²) in [6, 6.07) is 3.81. The predicted molar refractivity (Wildman–Crippen MR) is 95.7 cm³/mol. The molecule has 24 heavy (non-hydrogen) atoms. The van der Waals surface area contributed by atoms with Crippen LogP contribution in [0, 0.1) is 0 Å². The van der Waals surface area contributed by atoms with Crippen LogP contribution < -0.4 is 15.8 Å². The van der Waals surface area contributed by atoms with E-state index in [4.69, 9.17) is 15.2 Å². The lowest BCUT2D eigenvalue weighted by Gasteiger charge is -2.45. The largest absolute Gasteiger partial charge is 0.468 e. The van der Waals surface area contributed by atoms with E-state index in [1.165, 1.54) is 11.1 Å². The van der Waals surface area contributed by atoms with Gasteiger partial charge in [0.05, 0.1) is 31.1 Å². The van der Waals surface area contributed by atoms with E-state index in [-0.39, 0.29) is 11.6 Å². The first-order chi connectivity index (χ1) is 11.7. The number of aromatic nitrogens is 1. The van der Waals surface area contributed by atoms with Gasteiger partial charge in [-0.05, 0) is 30.1 Å². The lowest BCUT2D eigenvalue weighted by atomic mass is 9.79. The highest BCUT2D eigenvalue weighted by Gasteiger charge is 2.44. The molecule has 1 atom stereocenters. The molecule has 5 heteroatoms. The van der Waals surface area contributed by atoms with Gasteiger partial charge in [0, 0.05) is 25.1 Å². The van der Waals surface area contributed by atoms with Crippen molar-refractivity contribution in [1.29, 1.82) is 0 Å². The van der Waals surface area contributed by atoms with Gasteiger partial charge in [0.25, 0.3) is 0 Å². The van der Waals surface area contributed by atoms with Crippen LogP contribution in [0.5, 0.6) is 5.88 Å². The third kappa shape index (κ3) is 3.41. The fourth-order valence-electron chi connectivity index (χ4n) is 3.49. The Morgan fingerprint density at radius 2 is 2.08 bits per heavy atom. The van der Waals surface area contributed by atoms with Crippen molar-refractivity contribution in [2.24, 2.45) is 0 Å². The van der Waals surface area contributed by atoms with Crippen LogP contribution in [-0.2, 0) is 4.74 Å². The molecular formula is C19H27N3O2.